The van der Waals surface area contributed by atoms with E-state index in [9.17, 15) is 0 Å². The molecule has 0 spiro atoms. The third-order valence-corrected chi connectivity index (χ3v) is 15.4. The standard InChI is InChI=1S/C73H52N4S/c1-5-15-62(16-6-1)75(63-17-7-2-8-18-63)66-43-33-57(34-44-66)53-25-29-55(30-26-53)59-37-47-68(48-38-59)77(70-51-41-61(42-52-70)73-74-71-23-13-14-24-72(71)78-73)69-49-39-60(40-50-69)56-31-27-54(28-32-56)58-35-45-67(46-36-58)76(64-19-9-3-10-20-64)65-21-11-4-12-22-65/h1-52H. The van der Waals surface area contributed by atoms with Crippen molar-refractivity contribution in [3.63, 3.8) is 0 Å². The normalized spacial score (nSPS) is 11.1. The van der Waals surface area contributed by atoms with Crippen molar-refractivity contribution in [3.05, 3.63) is 315 Å². The molecule has 0 saturated carbocycles. The maximum Gasteiger partial charge on any atom is 0.124 e. The van der Waals surface area contributed by atoms with Crippen LogP contribution in [-0.2, 0) is 0 Å². The molecule has 0 atom stereocenters. The van der Waals surface area contributed by atoms with Crippen molar-refractivity contribution < 1.29 is 0 Å². The van der Waals surface area contributed by atoms with Gasteiger partial charge in [0.1, 0.15) is 5.01 Å². The van der Waals surface area contributed by atoms with Crippen molar-refractivity contribution in [2.45, 2.75) is 0 Å². The molecule has 13 aromatic rings. The lowest BCUT2D eigenvalue weighted by atomic mass is 9.99. The number of hydrogen-bond donors (Lipinski definition) is 0. The molecule has 12 aromatic carbocycles. The van der Waals surface area contributed by atoms with Crippen LogP contribution < -0.4 is 14.7 Å². The van der Waals surface area contributed by atoms with Crippen molar-refractivity contribution in [3.8, 4) is 55.1 Å². The van der Waals surface area contributed by atoms with E-state index < -0.39 is 0 Å². The number of benzene rings is 12. The number of para-hydroxylation sites is 5. The van der Waals surface area contributed by atoms with Crippen LogP contribution in [0.3, 0.4) is 0 Å². The van der Waals surface area contributed by atoms with E-state index in [1.54, 1.807) is 11.3 Å². The van der Waals surface area contributed by atoms with Crippen molar-refractivity contribution in [1.29, 1.82) is 0 Å². The molecule has 0 bridgehead atoms. The zero-order valence-corrected chi connectivity index (χ0v) is 43.5. The van der Waals surface area contributed by atoms with Crippen molar-refractivity contribution in [1.82, 2.24) is 4.98 Å². The van der Waals surface area contributed by atoms with Gasteiger partial charge in [0, 0.05) is 56.7 Å². The van der Waals surface area contributed by atoms with E-state index in [4.69, 9.17) is 4.98 Å². The van der Waals surface area contributed by atoms with Gasteiger partial charge in [-0.25, -0.2) is 4.98 Å². The van der Waals surface area contributed by atoms with Crippen LogP contribution in [0.25, 0.3) is 65.3 Å². The number of anilines is 9. The average Bonchev–Trinajstić information content (AvgIpc) is 4.01. The van der Waals surface area contributed by atoms with E-state index in [2.05, 4.69) is 324 Å². The van der Waals surface area contributed by atoms with Crippen LogP contribution in [0.1, 0.15) is 0 Å². The molecule has 0 fully saturated rings. The minimum Gasteiger partial charge on any atom is -0.311 e. The third kappa shape index (κ3) is 9.97. The number of aromatic nitrogens is 1. The number of rotatable bonds is 14. The van der Waals surface area contributed by atoms with Gasteiger partial charge >= 0.3 is 0 Å². The Morgan fingerprint density at radius 3 is 0.654 bits per heavy atom. The minimum absolute atomic E-state index is 1.02. The summed E-state index contributed by atoms with van der Waals surface area (Å²) in [6.07, 6.45) is 0. The average molecular weight is 1020 g/mol. The summed E-state index contributed by atoms with van der Waals surface area (Å²) in [7, 11) is 0. The maximum absolute atomic E-state index is 4.96. The summed E-state index contributed by atoms with van der Waals surface area (Å²) < 4.78 is 1.19. The van der Waals surface area contributed by atoms with E-state index in [1.165, 1.54) is 27.0 Å². The molecule has 0 aliphatic rings. The summed E-state index contributed by atoms with van der Waals surface area (Å²) in [5.74, 6) is 0. The van der Waals surface area contributed by atoms with Crippen LogP contribution in [0.15, 0.2) is 315 Å². The SMILES string of the molecule is c1ccc(N(c2ccccc2)c2ccc(-c3ccc(-c4ccc(N(c5ccc(-c6ccc(-c7ccc(N(c8ccccc8)c8ccccc8)cc7)cc6)cc5)c5ccc(-c6nc7ccccc7s6)cc5)cc4)cc3)cc2)cc1. The molecule has 0 saturated heterocycles. The van der Waals surface area contributed by atoms with E-state index in [0.29, 0.717) is 0 Å². The maximum atomic E-state index is 4.96. The molecule has 4 nitrogen and oxygen atoms in total. The first-order chi connectivity index (χ1) is 38.6. The second-order valence-electron chi connectivity index (χ2n) is 19.2. The van der Waals surface area contributed by atoms with Crippen molar-refractivity contribution >= 4 is 72.7 Å². The van der Waals surface area contributed by atoms with Crippen LogP contribution in [0.2, 0.25) is 0 Å². The molecular formula is C73H52N4S. The molecule has 78 heavy (non-hydrogen) atoms. The lowest BCUT2D eigenvalue weighted by Crippen LogP contribution is -2.09. The van der Waals surface area contributed by atoms with Gasteiger partial charge in [-0.2, -0.15) is 0 Å². The van der Waals surface area contributed by atoms with E-state index >= 15 is 0 Å². The molecular weight excluding hydrogens is 965 g/mol. The minimum atomic E-state index is 1.02. The first kappa shape index (κ1) is 47.6. The molecule has 0 aliphatic heterocycles. The Morgan fingerprint density at radius 2 is 0.397 bits per heavy atom. The molecule has 1 aromatic heterocycles. The molecule has 13 rings (SSSR count). The smallest absolute Gasteiger partial charge is 0.124 e. The summed E-state index contributed by atoms with van der Waals surface area (Å²) in [5.41, 5.74) is 21.4. The molecule has 0 amide bonds. The quantitative estimate of drug-likeness (QED) is 0.108. The van der Waals surface area contributed by atoms with Crippen LogP contribution in [0.5, 0.6) is 0 Å². The summed E-state index contributed by atoms with van der Waals surface area (Å²) in [6.45, 7) is 0. The molecule has 5 heteroatoms. The van der Waals surface area contributed by atoms with Gasteiger partial charge in [0.05, 0.1) is 10.2 Å². The highest BCUT2D eigenvalue weighted by Crippen LogP contribution is 2.41. The van der Waals surface area contributed by atoms with Gasteiger partial charge in [-0.15, -0.1) is 11.3 Å². The monoisotopic (exact) mass is 1020 g/mol. The van der Waals surface area contributed by atoms with E-state index in [-0.39, 0.29) is 0 Å². The largest absolute Gasteiger partial charge is 0.311 e. The summed E-state index contributed by atoms with van der Waals surface area (Å²) in [5, 5.41) is 1.02. The Kier molecular flexibility index (Phi) is 13.2. The molecule has 0 aliphatic carbocycles. The number of hydrogen-bond acceptors (Lipinski definition) is 5. The van der Waals surface area contributed by atoms with Gasteiger partial charge in [0.2, 0.25) is 0 Å². The van der Waals surface area contributed by atoms with E-state index in [1.807, 2.05) is 6.07 Å². The molecule has 0 N–H and O–H groups in total. The first-order valence-electron chi connectivity index (χ1n) is 26.3. The van der Waals surface area contributed by atoms with Gasteiger partial charge in [-0.3, -0.25) is 0 Å². The number of thiazole rings is 1. The second-order valence-corrected chi connectivity index (χ2v) is 20.3. The lowest BCUT2D eigenvalue weighted by Gasteiger charge is -2.26. The fourth-order valence-electron chi connectivity index (χ4n) is 10.3. The van der Waals surface area contributed by atoms with Gasteiger partial charge in [0.25, 0.3) is 0 Å². The Bertz CT molecular complexity index is 3730. The Hall–Kier alpha value is -10.1. The highest BCUT2D eigenvalue weighted by Gasteiger charge is 2.17. The second kappa shape index (κ2) is 21.6. The fourth-order valence-corrected chi connectivity index (χ4v) is 11.3. The van der Waals surface area contributed by atoms with Crippen LogP contribution in [-0.4, -0.2) is 4.98 Å². The Morgan fingerprint density at radius 1 is 0.192 bits per heavy atom. The van der Waals surface area contributed by atoms with Gasteiger partial charge in [0.15, 0.2) is 0 Å². The molecule has 0 radical (unpaired) electrons. The molecule has 370 valence electrons. The lowest BCUT2D eigenvalue weighted by molar-refractivity contribution is 1.28. The zero-order chi connectivity index (χ0) is 52.0. The van der Waals surface area contributed by atoms with Crippen molar-refractivity contribution in [2.75, 3.05) is 14.7 Å². The first-order valence-corrected chi connectivity index (χ1v) is 27.2. The third-order valence-electron chi connectivity index (χ3n) is 14.3. The summed E-state index contributed by atoms with van der Waals surface area (Å²) in [6, 6.07) is 113. The fraction of sp³-hybridized carbons (Fsp3) is 0. The summed E-state index contributed by atoms with van der Waals surface area (Å²) in [4.78, 5) is 11.9. The topological polar surface area (TPSA) is 22.6 Å². The molecule has 0 unspecified atom stereocenters. The van der Waals surface area contributed by atoms with Gasteiger partial charge in [-0.05, 0) is 178 Å². The van der Waals surface area contributed by atoms with Crippen molar-refractivity contribution in [2.24, 2.45) is 0 Å². The Balaban J connectivity index is 0.753. The number of fused-ring (bicyclic) bond motifs is 1. The Labute approximate surface area is 460 Å². The zero-order valence-electron chi connectivity index (χ0n) is 42.7. The summed E-state index contributed by atoms with van der Waals surface area (Å²) >= 11 is 1.73. The predicted octanol–water partition coefficient (Wildman–Crippen LogP) is 21.0. The van der Waals surface area contributed by atoms with Crippen LogP contribution in [0.4, 0.5) is 51.2 Å². The van der Waals surface area contributed by atoms with Crippen LogP contribution in [0, 0.1) is 0 Å². The highest BCUT2D eigenvalue weighted by molar-refractivity contribution is 7.21. The predicted molar refractivity (Wildman–Crippen MR) is 331 cm³/mol. The van der Waals surface area contributed by atoms with Gasteiger partial charge < -0.3 is 14.7 Å². The van der Waals surface area contributed by atoms with E-state index in [0.717, 1.165) is 89.5 Å². The van der Waals surface area contributed by atoms with Gasteiger partial charge in [-0.1, -0.05) is 182 Å². The highest BCUT2D eigenvalue weighted by atomic mass is 32.1. The van der Waals surface area contributed by atoms with Crippen LogP contribution >= 0.6 is 11.3 Å². The number of nitrogens with zero attached hydrogens (tertiary/aromatic N) is 4. The molecule has 1 heterocycles.